The summed E-state index contributed by atoms with van der Waals surface area (Å²) in [6.45, 7) is 4.53. The zero-order valence-corrected chi connectivity index (χ0v) is 17.5. The van der Waals surface area contributed by atoms with Crippen molar-refractivity contribution in [1.29, 1.82) is 0 Å². The first kappa shape index (κ1) is 24.9. The van der Waals surface area contributed by atoms with Crippen LogP contribution >= 0.6 is 0 Å². The lowest BCUT2D eigenvalue weighted by Gasteiger charge is -2.14. The van der Waals surface area contributed by atoms with Crippen LogP contribution in [0.2, 0.25) is 0 Å². The SMILES string of the molecule is CCCCCCCCCCCC(CO)CCCCCCCCC(C)O. The Morgan fingerprint density at radius 2 is 0.920 bits per heavy atom. The molecule has 0 aromatic heterocycles. The molecule has 0 bridgehead atoms. The molecule has 25 heavy (non-hydrogen) atoms. The van der Waals surface area contributed by atoms with E-state index in [1.807, 2.05) is 6.92 Å². The van der Waals surface area contributed by atoms with E-state index in [0.29, 0.717) is 12.5 Å². The summed E-state index contributed by atoms with van der Waals surface area (Å²) in [4.78, 5) is 0. The van der Waals surface area contributed by atoms with Gasteiger partial charge in [-0.25, -0.2) is 0 Å². The number of hydrogen-bond acceptors (Lipinski definition) is 2. The maximum Gasteiger partial charge on any atom is 0.0512 e. The van der Waals surface area contributed by atoms with Gasteiger partial charge in [-0.2, -0.15) is 0 Å². The summed E-state index contributed by atoms with van der Waals surface area (Å²) < 4.78 is 0. The predicted octanol–water partition coefficient (Wildman–Crippen LogP) is 7.02. The van der Waals surface area contributed by atoms with Gasteiger partial charge in [0.1, 0.15) is 0 Å². The van der Waals surface area contributed by atoms with E-state index < -0.39 is 0 Å². The predicted molar refractivity (Wildman–Crippen MR) is 111 cm³/mol. The molecule has 0 aliphatic heterocycles. The molecule has 0 aromatic carbocycles. The Morgan fingerprint density at radius 1 is 0.560 bits per heavy atom. The number of aliphatic hydroxyl groups excluding tert-OH is 2. The van der Waals surface area contributed by atoms with Crippen LogP contribution in [0.15, 0.2) is 0 Å². The van der Waals surface area contributed by atoms with Gasteiger partial charge in [0.2, 0.25) is 0 Å². The van der Waals surface area contributed by atoms with Gasteiger partial charge in [0, 0.05) is 6.61 Å². The second-order valence-electron chi connectivity index (χ2n) is 8.21. The maximum absolute atomic E-state index is 9.55. The van der Waals surface area contributed by atoms with Crippen LogP contribution in [0.5, 0.6) is 0 Å². The van der Waals surface area contributed by atoms with E-state index in [4.69, 9.17) is 0 Å². The number of unbranched alkanes of at least 4 members (excludes halogenated alkanes) is 13. The lowest BCUT2D eigenvalue weighted by molar-refractivity contribution is 0.180. The minimum Gasteiger partial charge on any atom is -0.396 e. The molecule has 2 N–H and O–H groups in total. The molecule has 2 nitrogen and oxygen atoms in total. The Kier molecular flexibility index (Phi) is 20.2. The van der Waals surface area contributed by atoms with Gasteiger partial charge in [-0.3, -0.25) is 0 Å². The fourth-order valence-electron chi connectivity index (χ4n) is 3.65. The van der Waals surface area contributed by atoms with Crippen LogP contribution in [0.25, 0.3) is 0 Å². The van der Waals surface area contributed by atoms with E-state index in [-0.39, 0.29) is 6.10 Å². The average molecular weight is 357 g/mol. The van der Waals surface area contributed by atoms with Crippen molar-refractivity contribution >= 4 is 0 Å². The van der Waals surface area contributed by atoms with Crippen LogP contribution in [0.1, 0.15) is 129 Å². The molecule has 152 valence electrons. The van der Waals surface area contributed by atoms with Gasteiger partial charge in [-0.1, -0.05) is 103 Å². The van der Waals surface area contributed by atoms with Crippen LogP contribution in [0, 0.1) is 5.92 Å². The van der Waals surface area contributed by atoms with Gasteiger partial charge in [0.25, 0.3) is 0 Å². The fourth-order valence-corrected chi connectivity index (χ4v) is 3.65. The van der Waals surface area contributed by atoms with Crippen LogP contribution < -0.4 is 0 Å². The summed E-state index contributed by atoms with van der Waals surface area (Å²) >= 11 is 0. The van der Waals surface area contributed by atoms with Crippen LogP contribution in [0.3, 0.4) is 0 Å². The monoisotopic (exact) mass is 356 g/mol. The third kappa shape index (κ3) is 20.1. The molecule has 0 spiro atoms. The molecule has 0 radical (unpaired) electrons. The highest BCUT2D eigenvalue weighted by atomic mass is 16.3. The molecule has 0 amide bonds. The van der Waals surface area contributed by atoms with Crippen molar-refractivity contribution in [2.75, 3.05) is 6.61 Å². The highest BCUT2D eigenvalue weighted by Gasteiger charge is 2.07. The highest BCUT2D eigenvalue weighted by molar-refractivity contribution is 4.60. The molecule has 2 heteroatoms. The van der Waals surface area contributed by atoms with Crippen molar-refractivity contribution in [1.82, 2.24) is 0 Å². The lowest BCUT2D eigenvalue weighted by atomic mass is 9.94. The standard InChI is InChI=1S/C23H48O2/c1-3-4-5-6-7-8-9-13-16-19-23(21-24)20-17-14-11-10-12-15-18-22(2)25/h22-25H,3-21H2,1-2H3. The Bertz CT molecular complexity index is 240. The third-order valence-electron chi connectivity index (χ3n) is 5.46. The molecular weight excluding hydrogens is 308 g/mol. The molecule has 0 aliphatic rings. The smallest absolute Gasteiger partial charge is 0.0512 e. The van der Waals surface area contributed by atoms with Crippen molar-refractivity contribution in [3.63, 3.8) is 0 Å². The highest BCUT2D eigenvalue weighted by Crippen LogP contribution is 2.19. The lowest BCUT2D eigenvalue weighted by Crippen LogP contribution is -2.06. The number of hydrogen-bond donors (Lipinski definition) is 2. The molecule has 0 fully saturated rings. The first-order valence-electron chi connectivity index (χ1n) is 11.5. The molecule has 0 aliphatic carbocycles. The quantitative estimate of drug-likeness (QED) is 0.230. The summed E-state index contributed by atoms with van der Waals surface area (Å²) in [6, 6.07) is 0. The second-order valence-corrected chi connectivity index (χ2v) is 8.21. The van der Waals surface area contributed by atoms with Gasteiger partial charge in [0.15, 0.2) is 0 Å². The molecular formula is C23H48O2. The molecule has 0 aromatic rings. The van der Waals surface area contributed by atoms with E-state index >= 15 is 0 Å². The topological polar surface area (TPSA) is 40.5 Å². The van der Waals surface area contributed by atoms with E-state index in [9.17, 15) is 10.2 Å². The maximum atomic E-state index is 9.55. The summed E-state index contributed by atoms with van der Waals surface area (Å²) in [5, 5.41) is 18.8. The largest absolute Gasteiger partial charge is 0.396 e. The zero-order valence-electron chi connectivity index (χ0n) is 17.5. The van der Waals surface area contributed by atoms with Gasteiger partial charge in [-0.15, -0.1) is 0 Å². The number of aliphatic hydroxyl groups is 2. The third-order valence-corrected chi connectivity index (χ3v) is 5.46. The zero-order chi connectivity index (χ0) is 18.6. The number of rotatable bonds is 20. The van der Waals surface area contributed by atoms with E-state index in [2.05, 4.69) is 6.92 Å². The van der Waals surface area contributed by atoms with E-state index in [1.54, 1.807) is 0 Å². The Balaban J connectivity index is 3.31. The summed E-state index contributed by atoms with van der Waals surface area (Å²) in [7, 11) is 0. The molecule has 0 saturated heterocycles. The van der Waals surface area contributed by atoms with E-state index in [1.165, 1.54) is 103 Å². The van der Waals surface area contributed by atoms with Crippen molar-refractivity contribution in [3.8, 4) is 0 Å². The Labute approximate surface area is 158 Å². The van der Waals surface area contributed by atoms with E-state index in [0.717, 1.165) is 12.8 Å². The van der Waals surface area contributed by atoms with Crippen LogP contribution in [-0.2, 0) is 0 Å². The normalized spacial score (nSPS) is 13.9. The van der Waals surface area contributed by atoms with Crippen molar-refractivity contribution in [2.24, 2.45) is 5.92 Å². The summed E-state index contributed by atoms with van der Waals surface area (Å²) in [5.41, 5.74) is 0. The van der Waals surface area contributed by atoms with Gasteiger partial charge in [0.05, 0.1) is 6.10 Å². The second kappa shape index (κ2) is 20.2. The first-order valence-corrected chi connectivity index (χ1v) is 11.5. The van der Waals surface area contributed by atoms with Crippen LogP contribution in [0.4, 0.5) is 0 Å². The summed E-state index contributed by atoms with van der Waals surface area (Å²) in [5.74, 6) is 0.541. The van der Waals surface area contributed by atoms with Gasteiger partial charge >= 0.3 is 0 Å². The van der Waals surface area contributed by atoms with Crippen molar-refractivity contribution in [3.05, 3.63) is 0 Å². The van der Waals surface area contributed by atoms with Gasteiger partial charge < -0.3 is 10.2 Å². The van der Waals surface area contributed by atoms with Crippen LogP contribution in [-0.4, -0.2) is 22.9 Å². The summed E-state index contributed by atoms with van der Waals surface area (Å²) in [6.07, 6.45) is 23.3. The molecule has 2 atom stereocenters. The first-order chi connectivity index (χ1) is 12.2. The molecule has 0 rings (SSSR count). The average Bonchev–Trinajstić information content (AvgIpc) is 2.60. The minimum absolute atomic E-state index is 0.133. The Hall–Kier alpha value is -0.0800. The fraction of sp³-hybridized carbons (Fsp3) is 1.00. The van der Waals surface area contributed by atoms with Gasteiger partial charge in [-0.05, 0) is 32.1 Å². The minimum atomic E-state index is -0.133. The molecule has 2 unspecified atom stereocenters. The molecule has 0 saturated carbocycles. The van der Waals surface area contributed by atoms with Crippen molar-refractivity contribution < 1.29 is 10.2 Å². The Morgan fingerprint density at radius 3 is 1.28 bits per heavy atom. The molecule has 0 heterocycles. The van der Waals surface area contributed by atoms with Crippen molar-refractivity contribution in [2.45, 2.75) is 136 Å².